The van der Waals surface area contributed by atoms with E-state index in [1.807, 2.05) is 23.1 Å². The molecule has 1 atom stereocenters. The number of nitrogens with one attached hydrogen (secondary N) is 3. The van der Waals surface area contributed by atoms with Gasteiger partial charge in [-0.2, -0.15) is 5.26 Å². The number of hydrogen-bond acceptors (Lipinski definition) is 12. The Bertz CT molecular complexity index is 2450. The number of aromatic nitrogens is 2. The third-order valence-electron chi connectivity index (χ3n) is 12.3. The molecule has 4 aromatic rings. The van der Waals surface area contributed by atoms with Gasteiger partial charge in [0.05, 0.1) is 43.1 Å². The van der Waals surface area contributed by atoms with E-state index in [1.165, 1.54) is 18.5 Å². The lowest BCUT2D eigenvalue weighted by Gasteiger charge is -2.36. The molecule has 1 saturated carbocycles. The van der Waals surface area contributed by atoms with Gasteiger partial charge in [0.2, 0.25) is 17.7 Å². The number of fused-ring (bicyclic) bond motifs is 2. The molecule has 3 fully saturated rings. The highest BCUT2D eigenvalue weighted by atomic mass is 32.1. The lowest BCUT2D eigenvalue weighted by atomic mass is 9.81. The van der Waals surface area contributed by atoms with Gasteiger partial charge in [0, 0.05) is 67.2 Å². The van der Waals surface area contributed by atoms with Gasteiger partial charge in [0.25, 0.3) is 17.7 Å². The van der Waals surface area contributed by atoms with Gasteiger partial charge in [0.1, 0.15) is 12.1 Å². The largest absolute Gasteiger partial charge is 0.386 e. The third-order valence-corrected chi connectivity index (χ3v) is 13.4. The zero-order chi connectivity index (χ0) is 42.3. The van der Waals surface area contributed by atoms with E-state index < -0.39 is 41.2 Å². The number of carbonyl (C=O) groups is 6. The summed E-state index contributed by atoms with van der Waals surface area (Å²) in [6.45, 7) is 5.27. The van der Waals surface area contributed by atoms with E-state index in [1.54, 1.807) is 43.4 Å². The van der Waals surface area contributed by atoms with Crippen molar-refractivity contribution in [2.45, 2.75) is 89.2 Å². The van der Waals surface area contributed by atoms with E-state index in [2.05, 4.69) is 20.9 Å². The van der Waals surface area contributed by atoms with E-state index in [0.29, 0.717) is 42.5 Å². The molecule has 2 aromatic carbocycles. The Hall–Kier alpha value is -6.05. The smallest absolute Gasteiger partial charge is 0.264 e. The normalized spacial score (nSPS) is 21.1. The second kappa shape index (κ2) is 16.5. The van der Waals surface area contributed by atoms with Crippen molar-refractivity contribution in [2.75, 3.05) is 30.3 Å². The fourth-order valence-corrected chi connectivity index (χ4v) is 10.1. The van der Waals surface area contributed by atoms with E-state index >= 15 is 0 Å². The number of hydrogen-bond donors (Lipinski definition) is 4. The molecule has 4 N–H and O–H groups in total. The van der Waals surface area contributed by atoms with Crippen LogP contribution in [0.1, 0.15) is 125 Å². The maximum atomic E-state index is 13.7. The number of anilines is 2. The number of rotatable bonds is 10. The van der Waals surface area contributed by atoms with Crippen molar-refractivity contribution in [3.8, 4) is 6.07 Å². The van der Waals surface area contributed by atoms with Crippen LogP contribution < -0.4 is 16.0 Å². The van der Waals surface area contributed by atoms with E-state index in [0.717, 1.165) is 65.1 Å². The number of likely N-dealkylation sites (tertiary alicyclic amines) is 1. The topological polar surface area (TPSA) is 215 Å². The number of aliphatic hydroxyl groups is 1. The highest BCUT2D eigenvalue weighted by Gasteiger charge is 2.45. The van der Waals surface area contributed by atoms with Crippen LogP contribution in [0, 0.1) is 23.2 Å². The Kier molecular flexibility index (Phi) is 11.2. The Morgan fingerprint density at radius 1 is 0.983 bits per heavy atom. The predicted octanol–water partition coefficient (Wildman–Crippen LogP) is 5.46. The minimum absolute atomic E-state index is 0.0355. The van der Waals surface area contributed by atoms with Crippen molar-refractivity contribution in [3.05, 3.63) is 81.6 Å². The summed E-state index contributed by atoms with van der Waals surface area (Å²) < 4.78 is 0.876. The van der Waals surface area contributed by atoms with Gasteiger partial charge in [-0.3, -0.25) is 44.0 Å². The van der Waals surface area contributed by atoms with Crippen LogP contribution >= 0.6 is 11.3 Å². The van der Waals surface area contributed by atoms with Crippen molar-refractivity contribution in [3.63, 3.8) is 0 Å². The van der Waals surface area contributed by atoms with Gasteiger partial charge in [-0.1, -0.05) is 6.07 Å². The first-order valence-electron chi connectivity index (χ1n) is 20.5. The second-order valence-electron chi connectivity index (χ2n) is 16.7. The summed E-state index contributed by atoms with van der Waals surface area (Å²) >= 11 is 1.56. The van der Waals surface area contributed by atoms with Crippen LogP contribution in [-0.2, 0) is 20.0 Å². The van der Waals surface area contributed by atoms with Crippen LogP contribution in [0.25, 0.3) is 10.2 Å². The maximum Gasteiger partial charge on any atom is 0.264 e. The van der Waals surface area contributed by atoms with Crippen molar-refractivity contribution in [2.24, 2.45) is 11.8 Å². The fourth-order valence-electron chi connectivity index (χ4n) is 8.96. The van der Waals surface area contributed by atoms with Gasteiger partial charge >= 0.3 is 0 Å². The molecule has 2 saturated heterocycles. The summed E-state index contributed by atoms with van der Waals surface area (Å²) in [7, 11) is 0. The summed E-state index contributed by atoms with van der Waals surface area (Å²) in [6, 6.07) is 11.2. The number of benzene rings is 2. The molecule has 6 amide bonds. The van der Waals surface area contributed by atoms with Crippen molar-refractivity contribution in [1.82, 2.24) is 25.1 Å². The van der Waals surface area contributed by atoms with Gasteiger partial charge in [-0.25, -0.2) is 4.98 Å². The maximum absolute atomic E-state index is 13.7. The van der Waals surface area contributed by atoms with Crippen LogP contribution in [0.5, 0.6) is 0 Å². The summed E-state index contributed by atoms with van der Waals surface area (Å²) in [6.07, 6.45) is 8.76. The Morgan fingerprint density at radius 3 is 2.47 bits per heavy atom. The highest BCUT2D eigenvalue weighted by molar-refractivity contribution is 7.18. The molecule has 16 heteroatoms. The number of nitriles is 1. The summed E-state index contributed by atoms with van der Waals surface area (Å²) in [5, 5.41) is 29.7. The molecule has 4 aliphatic rings. The molecule has 60 heavy (non-hydrogen) atoms. The first kappa shape index (κ1) is 40.7. The zero-order valence-corrected chi connectivity index (χ0v) is 34.3. The number of carbonyl (C=O) groups excluding carboxylic acids is 6. The monoisotopic (exact) mass is 830 g/mol. The molecule has 0 bridgehead atoms. The molecule has 5 heterocycles. The highest BCUT2D eigenvalue weighted by Crippen LogP contribution is 2.42. The first-order chi connectivity index (χ1) is 28.8. The quantitative estimate of drug-likeness (QED) is 0.147. The molecular weight excluding hydrogens is 785 g/mol. The van der Waals surface area contributed by atoms with Crippen LogP contribution in [0.4, 0.5) is 11.4 Å². The molecule has 8 rings (SSSR count). The summed E-state index contributed by atoms with van der Waals surface area (Å²) in [5.74, 6) is -1.79. The fraction of sp³-hybridized carbons (Fsp3) is 0.432. The zero-order valence-electron chi connectivity index (χ0n) is 33.5. The molecule has 1 unspecified atom stereocenters. The van der Waals surface area contributed by atoms with Crippen LogP contribution in [0.2, 0.25) is 0 Å². The molecule has 310 valence electrons. The molecule has 15 nitrogen and oxygen atoms in total. The van der Waals surface area contributed by atoms with E-state index in [4.69, 9.17) is 4.98 Å². The van der Waals surface area contributed by atoms with E-state index in [-0.39, 0.29) is 52.8 Å². The SMILES string of the molecule is CC(C)(O)c1cc2nc([C@H]3CC[C@H](C(=O)N4CCC(CCNc5cccc6c5C(=O)N(C5CCC(=O)NC5=O)C6=O)CC4)CC3)sc2cc1NC(=O)c1cncc(C#N)c1. The number of imide groups is 2. The van der Waals surface area contributed by atoms with Gasteiger partial charge in [0.15, 0.2) is 0 Å². The van der Waals surface area contributed by atoms with Crippen LogP contribution in [0.3, 0.4) is 0 Å². The number of pyridine rings is 1. The Balaban J connectivity index is 0.825. The molecule has 1 aliphatic carbocycles. The lowest BCUT2D eigenvalue weighted by Crippen LogP contribution is -2.54. The molecule has 0 radical (unpaired) electrons. The minimum Gasteiger partial charge on any atom is -0.386 e. The van der Waals surface area contributed by atoms with Gasteiger partial charge in [-0.05, 0) is 101 Å². The van der Waals surface area contributed by atoms with Crippen molar-refractivity contribution in [1.29, 1.82) is 5.26 Å². The van der Waals surface area contributed by atoms with Crippen LogP contribution in [-0.4, -0.2) is 86.0 Å². The van der Waals surface area contributed by atoms with Gasteiger partial charge < -0.3 is 20.6 Å². The average Bonchev–Trinajstić information content (AvgIpc) is 3.77. The number of piperidine rings is 2. The molecular formula is C44H46N8O7S. The summed E-state index contributed by atoms with van der Waals surface area (Å²) in [5.41, 5.74) is 1.99. The van der Waals surface area contributed by atoms with Crippen molar-refractivity contribution >= 4 is 68.4 Å². The van der Waals surface area contributed by atoms with Crippen LogP contribution in [0.15, 0.2) is 48.8 Å². The first-order valence-corrected chi connectivity index (χ1v) is 21.3. The number of nitrogens with zero attached hydrogens (tertiary/aromatic N) is 5. The average molecular weight is 831 g/mol. The second-order valence-corrected chi connectivity index (χ2v) is 17.8. The predicted molar refractivity (Wildman–Crippen MR) is 222 cm³/mol. The summed E-state index contributed by atoms with van der Waals surface area (Å²) in [4.78, 5) is 89.5. The number of amides is 6. The third kappa shape index (κ3) is 8.11. The molecule has 0 spiro atoms. The van der Waals surface area contributed by atoms with E-state index in [9.17, 15) is 39.1 Å². The molecule has 2 aromatic heterocycles. The minimum atomic E-state index is -1.27. The Labute approximate surface area is 350 Å². The molecule has 3 aliphatic heterocycles. The Morgan fingerprint density at radius 2 is 1.75 bits per heavy atom. The number of thiazole rings is 1. The van der Waals surface area contributed by atoms with Gasteiger partial charge in [-0.15, -0.1) is 11.3 Å². The lowest BCUT2D eigenvalue weighted by molar-refractivity contribution is -0.138. The van der Waals surface area contributed by atoms with Crippen molar-refractivity contribution < 1.29 is 33.9 Å². The standard InChI is InChI=1S/C44H46N8O7S/c1-44(2,59)30-19-33-35(20-32(30)48-38(54)28-18-25(21-45)22-46-23-28)60-40(49-33)26-6-8-27(9-7-26)41(56)51-16-13-24(14-17-51)12-15-47-31-5-3-4-29-37(31)43(58)52(42(29)57)34-10-11-36(53)50-39(34)55/h3-5,18-20,22-24,26-27,34,47,59H,6-17H2,1-2H3,(H,48,54)(H,50,53,55)/t26-,27-,34?.